The molecule has 1 saturated heterocycles. The summed E-state index contributed by atoms with van der Waals surface area (Å²) in [6.07, 6.45) is 1.28. The predicted octanol–water partition coefficient (Wildman–Crippen LogP) is 4.75. The van der Waals surface area contributed by atoms with E-state index in [-0.39, 0.29) is 12.1 Å². The minimum Gasteiger partial charge on any atom is -0.381 e. The number of nitrogens with one attached hydrogen (secondary N) is 1. The Kier molecular flexibility index (Phi) is 5.80. The van der Waals surface area contributed by atoms with E-state index >= 15 is 0 Å². The third kappa shape index (κ3) is 3.85. The van der Waals surface area contributed by atoms with Crippen LogP contribution >= 0.6 is 23.2 Å². The number of carbonyl (C=O) groups excluding carboxylic acids is 1. The lowest BCUT2D eigenvalue weighted by atomic mass is 9.74. The fourth-order valence-corrected chi connectivity index (χ4v) is 3.86. The van der Waals surface area contributed by atoms with E-state index in [1.54, 1.807) is 12.1 Å². The van der Waals surface area contributed by atoms with Gasteiger partial charge in [0.2, 0.25) is 0 Å². The third-order valence-electron chi connectivity index (χ3n) is 4.74. The molecule has 138 valence electrons. The van der Waals surface area contributed by atoms with E-state index in [9.17, 15) is 13.6 Å². The Morgan fingerprint density at radius 3 is 2.58 bits per heavy atom. The van der Waals surface area contributed by atoms with Crippen LogP contribution in [0.15, 0.2) is 36.4 Å². The molecule has 0 bridgehead atoms. The molecule has 1 aliphatic rings. The van der Waals surface area contributed by atoms with Crippen LogP contribution in [0.4, 0.5) is 8.78 Å². The van der Waals surface area contributed by atoms with Crippen LogP contribution in [-0.2, 0) is 10.2 Å². The number of carbonyl (C=O) groups is 1. The summed E-state index contributed by atoms with van der Waals surface area (Å²) in [6, 6.07) is 8.76. The van der Waals surface area contributed by atoms with Crippen molar-refractivity contribution in [3.05, 3.63) is 69.2 Å². The van der Waals surface area contributed by atoms with E-state index in [2.05, 4.69) is 5.32 Å². The highest BCUT2D eigenvalue weighted by Crippen LogP contribution is 2.39. The molecule has 7 heteroatoms. The highest BCUT2D eigenvalue weighted by atomic mass is 35.5. The molecule has 3 rings (SSSR count). The molecule has 0 aliphatic carbocycles. The maximum absolute atomic E-state index is 13.9. The largest absolute Gasteiger partial charge is 0.381 e. The van der Waals surface area contributed by atoms with Crippen molar-refractivity contribution in [3.63, 3.8) is 0 Å². The summed E-state index contributed by atoms with van der Waals surface area (Å²) in [5, 5.41) is 3.75. The maximum Gasteiger partial charge on any atom is 0.254 e. The average Bonchev–Trinajstić information content (AvgIpc) is 2.63. The zero-order chi connectivity index (χ0) is 18.7. The molecule has 0 spiro atoms. The normalized spacial score (nSPS) is 16.3. The molecule has 1 fully saturated rings. The van der Waals surface area contributed by atoms with Crippen molar-refractivity contribution < 1.29 is 18.3 Å². The fourth-order valence-electron chi connectivity index (χ4n) is 3.25. The van der Waals surface area contributed by atoms with Gasteiger partial charge in [-0.25, -0.2) is 8.78 Å². The van der Waals surface area contributed by atoms with Gasteiger partial charge in [0.25, 0.3) is 5.91 Å². The molecule has 1 aliphatic heterocycles. The summed E-state index contributed by atoms with van der Waals surface area (Å²) in [6.45, 7) is 1.26. The molecule has 0 aromatic heterocycles. The molecule has 1 heterocycles. The number of halogens is 4. The van der Waals surface area contributed by atoms with E-state index in [1.165, 1.54) is 12.1 Å². The van der Waals surface area contributed by atoms with E-state index < -0.39 is 23.0 Å². The van der Waals surface area contributed by atoms with Crippen molar-refractivity contribution in [2.75, 3.05) is 19.8 Å². The SMILES string of the molecule is O=C(NCC1(c2ccc(Cl)cc2Cl)CCOCC1)c1cccc(F)c1F. The van der Waals surface area contributed by atoms with Crippen LogP contribution < -0.4 is 5.32 Å². The zero-order valence-corrected chi connectivity index (χ0v) is 15.3. The van der Waals surface area contributed by atoms with Crippen LogP contribution in [0.2, 0.25) is 10.0 Å². The molecular weight excluding hydrogens is 383 g/mol. The molecule has 26 heavy (non-hydrogen) atoms. The van der Waals surface area contributed by atoms with Crippen LogP contribution in [0.5, 0.6) is 0 Å². The predicted molar refractivity (Wildman–Crippen MR) is 96.9 cm³/mol. The number of ether oxygens (including phenoxy) is 1. The molecule has 3 nitrogen and oxygen atoms in total. The Morgan fingerprint density at radius 2 is 1.88 bits per heavy atom. The minimum atomic E-state index is -1.16. The number of benzene rings is 2. The van der Waals surface area contributed by atoms with Gasteiger partial charge in [0.15, 0.2) is 11.6 Å². The zero-order valence-electron chi connectivity index (χ0n) is 13.8. The summed E-state index contributed by atoms with van der Waals surface area (Å²) >= 11 is 12.4. The van der Waals surface area contributed by atoms with Gasteiger partial charge in [0.05, 0.1) is 5.56 Å². The van der Waals surface area contributed by atoms with E-state index in [0.29, 0.717) is 36.1 Å². The molecule has 2 aromatic carbocycles. The molecule has 1 amide bonds. The number of hydrogen-bond acceptors (Lipinski definition) is 2. The Balaban J connectivity index is 1.85. The Labute approximate surface area is 160 Å². The average molecular weight is 400 g/mol. The second kappa shape index (κ2) is 7.91. The van der Waals surface area contributed by atoms with Gasteiger partial charge in [-0.05, 0) is 42.7 Å². The Hall–Kier alpha value is -1.69. The first-order valence-corrected chi connectivity index (χ1v) is 8.94. The van der Waals surface area contributed by atoms with Gasteiger partial charge in [-0.15, -0.1) is 0 Å². The van der Waals surface area contributed by atoms with E-state index in [1.807, 2.05) is 6.07 Å². The lowest BCUT2D eigenvalue weighted by molar-refractivity contribution is 0.0487. The lowest BCUT2D eigenvalue weighted by Crippen LogP contribution is -2.45. The molecule has 0 atom stereocenters. The standard InChI is InChI=1S/C19H17Cl2F2NO2/c20-12-4-5-14(15(21)10-12)19(6-8-26-9-7-19)11-24-18(25)13-2-1-3-16(22)17(13)23/h1-5,10H,6-9,11H2,(H,24,25). The fraction of sp³-hybridized carbons (Fsp3) is 0.316. The summed E-state index contributed by atoms with van der Waals surface area (Å²) in [4.78, 5) is 12.4. The van der Waals surface area contributed by atoms with Crippen LogP contribution in [-0.4, -0.2) is 25.7 Å². The second-order valence-electron chi connectivity index (χ2n) is 6.30. The summed E-state index contributed by atoms with van der Waals surface area (Å²) in [5.74, 6) is -2.88. The van der Waals surface area contributed by atoms with Gasteiger partial charge >= 0.3 is 0 Å². The minimum absolute atomic E-state index is 0.229. The number of hydrogen-bond donors (Lipinski definition) is 1. The van der Waals surface area contributed by atoms with Crippen LogP contribution in [0, 0.1) is 11.6 Å². The van der Waals surface area contributed by atoms with Gasteiger partial charge in [-0.1, -0.05) is 35.3 Å². The monoisotopic (exact) mass is 399 g/mol. The second-order valence-corrected chi connectivity index (χ2v) is 7.14. The van der Waals surface area contributed by atoms with Crippen molar-refractivity contribution in [2.45, 2.75) is 18.3 Å². The molecule has 1 N–H and O–H groups in total. The third-order valence-corrected chi connectivity index (χ3v) is 5.28. The molecule has 2 aromatic rings. The Morgan fingerprint density at radius 1 is 1.15 bits per heavy atom. The molecule has 0 radical (unpaired) electrons. The van der Waals surface area contributed by atoms with E-state index in [4.69, 9.17) is 27.9 Å². The summed E-state index contributed by atoms with van der Waals surface area (Å²) < 4.78 is 32.7. The van der Waals surface area contributed by atoms with Gasteiger partial charge in [-0.2, -0.15) is 0 Å². The maximum atomic E-state index is 13.9. The molecule has 0 unspecified atom stereocenters. The van der Waals surface area contributed by atoms with Crippen molar-refractivity contribution in [3.8, 4) is 0 Å². The molecular formula is C19H17Cl2F2NO2. The first-order chi connectivity index (χ1) is 12.4. The van der Waals surface area contributed by atoms with Gasteiger partial charge in [0.1, 0.15) is 0 Å². The van der Waals surface area contributed by atoms with Gasteiger partial charge in [-0.3, -0.25) is 4.79 Å². The highest BCUT2D eigenvalue weighted by Gasteiger charge is 2.36. The Bertz CT molecular complexity index is 823. The van der Waals surface area contributed by atoms with Crippen LogP contribution in [0.1, 0.15) is 28.8 Å². The quantitative estimate of drug-likeness (QED) is 0.805. The first-order valence-electron chi connectivity index (χ1n) is 8.18. The van der Waals surface area contributed by atoms with Crippen molar-refractivity contribution in [1.82, 2.24) is 5.32 Å². The summed E-state index contributed by atoms with van der Waals surface area (Å²) in [5.41, 5.74) is 0.0700. The summed E-state index contributed by atoms with van der Waals surface area (Å²) in [7, 11) is 0. The van der Waals surface area contributed by atoms with Crippen molar-refractivity contribution >= 4 is 29.1 Å². The van der Waals surface area contributed by atoms with Crippen LogP contribution in [0.3, 0.4) is 0 Å². The first kappa shape index (κ1) is 19.1. The topological polar surface area (TPSA) is 38.3 Å². The van der Waals surface area contributed by atoms with Gasteiger partial charge < -0.3 is 10.1 Å². The van der Waals surface area contributed by atoms with Gasteiger partial charge in [0, 0.05) is 35.2 Å². The molecule has 0 saturated carbocycles. The van der Waals surface area contributed by atoms with E-state index in [0.717, 1.165) is 11.6 Å². The van der Waals surface area contributed by atoms with Crippen molar-refractivity contribution in [2.24, 2.45) is 0 Å². The highest BCUT2D eigenvalue weighted by molar-refractivity contribution is 6.35. The van der Waals surface area contributed by atoms with Crippen LogP contribution in [0.25, 0.3) is 0 Å². The number of amides is 1. The smallest absolute Gasteiger partial charge is 0.254 e. The lowest BCUT2D eigenvalue weighted by Gasteiger charge is -2.38. The number of rotatable bonds is 4. The van der Waals surface area contributed by atoms with Crippen molar-refractivity contribution in [1.29, 1.82) is 0 Å².